The summed E-state index contributed by atoms with van der Waals surface area (Å²) in [4.78, 5) is 11.0. The van der Waals surface area contributed by atoms with E-state index in [2.05, 4.69) is 5.32 Å². The molecule has 2 rings (SSSR count). The van der Waals surface area contributed by atoms with Crippen molar-refractivity contribution in [3.05, 3.63) is 69.7 Å². The fourth-order valence-electron chi connectivity index (χ4n) is 1.94. The van der Waals surface area contributed by atoms with Crippen molar-refractivity contribution in [1.82, 2.24) is 5.32 Å². The van der Waals surface area contributed by atoms with Crippen molar-refractivity contribution in [2.75, 3.05) is 6.54 Å². The van der Waals surface area contributed by atoms with Crippen molar-refractivity contribution < 1.29 is 4.79 Å². The average molecular weight is 309 g/mol. The van der Waals surface area contributed by atoms with Gasteiger partial charge in [-0.1, -0.05) is 47.5 Å². The number of hydrogen-bond acceptors (Lipinski definition) is 2. The minimum absolute atomic E-state index is 0.0932. The Labute approximate surface area is 127 Å². The zero-order chi connectivity index (χ0) is 14.5. The Balaban J connectivity index is 2.30. The van der Waals surface area contributed by atoms with Gasteiger partial charge in [-0.05, 0) is 35.4 Å². The number of halogens is 2. The van der Waals surface area contributed by atoms with Gasteiger partial charge in [-0.15, -0.1) is 0 Å². The van der Waals surface area contributed by atoms with Crippen LogP contribution in [0.4, 0.5) is 0 Å². The van der Waals surface area contributed by atoms with Gasteiger partial charge in [0.25, 0.3) is 0 Å². The van der Waals surface area contributed by atoms with E-state index in [-0.39, 0.29) is 12.6 Å². The molecule has 20 heavy (non-hydrogen) atoms. The molecule has 5 heteroatoms. The summed E-state index contributed by atoms with van der Waals surface area (Å²) < 4.78 is 0. The van der Waals surface area contributed by atoms with Gasteiger partial charge in [0, 0.05) is 10.0 Å². The van der Waals surface area contributed by atoms with Crippen molar-refractivity contribution in [3.8, 4) is 0 Å². The maximum Gasteiger partial charge on any atom is 0.231 e. The SMILES string of the molecule is NC(=O)CNC(c1ccc(Cl)cc1)c1ccc(Cl)cc1. The lowest BCUT2D eigenvalue weighted by molar-refractivity contribution is -0.117. The molecule has 3 nitrogen and oxygen atoms in total. The number of amides is 1. The van der Waals surface area contributed by atoms with Gasteiger partial charge in [-0.25, -0.2) is 0 Å². The van der Waals surface area contributed by atoms with Gasteiger partial charge in [0.1, 0.15) is 0 Å². The summed E-state index contributed by atoms with van der Waals surface area (Å²) in [6, 6.07) is 14.8. The number of rotatable bonds is 5. The van der Waals surface area contributed by atoms with Crippen LogP contribution in [0.15, 0.2) is 48.5 Å². The Bertz CT molecular complexity index is 536. The molecular weight excluding hydrogens is 295 g/mol. The summed E-state index contributed by atoms with van der Waals surface area (Å²) in [6.07, 6.45) is 0. The molecule has 0 spiro atoms. The highest BCUT2D eigenvalue weighted by Crippen LogP contribution is 2.24. The van der Waals surface area contributed by atoms with E-state index in [0.29, 0.717) is 10.0 Å². The van der Waals surface area contributed by atoms with Crippen molar-refractivity contribution in [3.63, 3.8) is 0 Å². The Kier molecular flexibility index (Phi) is 5.01. The molecule has 0 fully saturated rings. The molecule has 0 heterocycles. The van der Waals surface area contributed by atoms with Crippen LogP contribution < -0.4 is 11.1 Å². The molecular formula is C15H14Cl2N2O. The van der Waals surface area contributed by atoms with E-state index in [0.717, 1.165) is 11.1 Å². The van der Waals surface area contributed by atoms with E-state index in [1.165, 1.54) is 0 Å². The molecule has 0 atom stereocenters. The lowest BCUT2D eigenvalue weighted by Gasteiger charge is -2.19. The van der Waals surface area contributed by atoms with Crippen LogP contribution >= 0.6 is 23.2 Å². The quantitative estimate of drug-likeness (QED) is 0.891. The summed E-state index contributed by atoms with van der Waals surface area (Å²) >= 11 is 11.8. The second-order valence-electron chi connectivity index (χ2n) is 4.38. The van der Waals surface area contributed by atoms with Gasteiger partial charge in [0.2, 0.25) is 5.91 Å². The highest BCUT2D eigenvalue weighted by Gasteiger charge is 2.14. The van der Waals surface area contributed by atoms with Crippen LogP contribution in [-0.2, 0) is 4.79 Å². The van der Waals surface area contributed by atoms with E-state index in [9.17, 15) is 4.79 Å². The van der Waals surface area contributed by atoms with Crippen LogP contribution in [0.5, 0.6) is 0 Å². The predicted molar refractivity (Wildman–Crippen MR) is 81.9 cm³/mol. The Morgan fingerprint density at radius 2 is 1.35 bits per heavy atom. The molecule has 0 saturated heterocycles. The van der Waals surface area contributed by atoms with Crippen molar-refractivity contribution in [2.24, 2.45) is 5.73 Å². The smallest absolute Gasteiger partial charge is 0.231 e. The zero-order valence-electron chi connectivity index (χ0n) is 10.6. The third kappa shape index (κ3) is 3.97. The van der Waals surface area contributed by atoms with Gasteiger partial charge in [-0.3, -0.25) is 10.1 Å². The van der Waals surface area contributed by atoms with Gasteiger partial charge >= 0.3 is 0 Å². The lowest BCUT2D eigenvalue weighted by Crippen LogP contribution is -2.32. The number of nitrogens with two attached hydrogens (primary N) is 1. The number of primary amides is 1. The number of benzene rings is 2. The van der Waals surface area contributed by atoms with Crippen LogP contribution in [-0.4, -0.2) is 12.5 Å². The molecule has 2 aromatic rings. The molecule has 2 aromatic carbocycles. The first-order chi connectivity index (χ1) is 9.56. The molecule has 0 aliphatic carbocycles. The molecule has 1 amide bonds. The number of hydrogen-bond donors (Lipinski definition) is 2. The second kappa shape index (κ2) is 6.75. The molecule has 0 saturated carbocycles. The molecule has 0 bridgehead atoms. The average Bonchev–Trinajstić information content (AvgIpc) is 2.42. The Hall–Kier alpha value is -1.55. The van der Waals surface area contributed by atoms with Crippen molar-refractivity contribution in [1.29, 1.82) is 0 Å². The van der Waals surface area contributed by atoms with E-state index in [1.54, 1.807) is 0 Å². The summed E-state index contributed by atoms with van der Waals surface area (Å²) in [6.45, 7) is 0.0932. The monoisotopic (exact) mass is 308 g/mol. The van der Waals surface area contributed by atoms with Gasteiger partial charge in [-0.2, -0.15) is 0 Å². The molecule has 0 unspecified atom stereocenters. The van der Waals surface area contributed by atoms with Crippen LogP contribution in [0, 0.1) is 0 Å². The van der Waals surface area contributed by atoms with E-state index in [4.69, 9.17) is 28.9 Å². The molecule has 0 radical (unpaired) electrons. The Morgan fingerprint density at radius 3 is 1.70 bits per heavy atom. The number of nitrogens with one attached hydrogen (secondary N) is 1. The zero-order valence-corrected chi connectivity index (χ0v) is 12.2. The number of carbonyl (C=O) groups is 1. The first kappa shape index (κ1) is 14.9. The fourth-order valence-corrected chi connectivity index (χ4v) is 2.19. The van der Waals surface area contributed by atoms with Crippen LogP contribution in [0.25, 0.3) is 0 Å². The lowest BCUT2D eigenvalue weighted by atomic mass is 9.99. The normalized spacial score (nSPS) is 10.8. The third-order valence-electron chi connectivity index (χ3n) is 2.89. The fraction of sp³-hybridized carbons (Fsp3) is 0.133. The Morgan fingerprint density at radius 1 is 0.950 bits per heavy atom. The maximum atomic E-state index is 11.0. The van der Waals surface area contributed by atoms with Crippen molar-refractivity contribution >= 4 is 29.1 Å². The molecule has 104 valence electrons. The molecule has 0 aromatic heterocycles. The van der Waals surface area contributed by atoms with E-state index >= 15 is 0 Å². The highest BCUT2D eigenvalue weighted by atomic mass is 35.5. The van der Waals surface area contributed by atoms with Gasteiger partial charge in [0.15, 0.2) is 0 Å². The predicted octanol–water partition coefficient (Wildman–Crippen LogP) is 3.16. The van der Waals surface area contributed by atoms with E-state index in [1.807, 2.05) is 48.5 Å². The first-order valence-corrected chi connectivity index (χ1v) is 6.84. The maximum absolute atomic E-state index is 11.0. The first-order valence-electron chi connectivity index (χ1n) is 6.09. The molecule has 0 aliphatic rings. The molecule has 0 aliphatic heterocycles. The standard InChI is InChI=1S/C15H14Cl2N2O/c16-12-5-1-10(2-6-12)15(19-9-14(18)20)11-3-7-13(17)8-4-11/h1-8,15,19H,9H2,(H2,18,20). The topological polar surface area (TPSA) is 55.1 Å². The largest absolute Gasteiger partial charge is 0.369 e. The van der Waals surface area contributed by atoms with Gasteiger partial charge < -0.3 is 5.73 Å². The minimum Gasteiger partial charge on any atom is -0.369 e. The number of carbonyl (C=O) groups excluding carboxylic acids is 1. The van der Waals surface area contributed by atoms with Crippen LogP contribution in [0.3, 0.4) is 0 Å². The second-order valence-corrected chi connectivity index (χ2v) is 5.26. The summed E-state index contributed by atoms with van der Waals surface area (Å²) in [5.41, 5.74) is 7.20. The summed E-state index contributed by atoms with van der Waals surface area (Å²) in [5, 5.41) is 4.46. The molecule has 3 N–H and O–H groups in total. The highest BCUT2D eigenvalue weighted by molar-refractivity contribution is 6.30. The summed E-state index contributed by atoms with van der Waals surface area (Å²) in [5.74, 6) is -0.405. The van der Waals surface area contributed by atoms with Crippen molar-refractivity contribution in [2.45, 2.75) is 6.04 Å². The minimum atomic E-state index is -0.405. The van der Waals surface area contributed by atoms with Crippen LogP contribution in [0.2, 0.25) is 10.0 Å². The van der Waals surface area contributed by atoms with E-state index < -0.39 is 5.91 Å². The summed E-state index contributed by atoms with van der Waals surface area (Å²) in [7, 11) is 0. The van der Waals surface area contributed by atoms with Gasteiger partial charge in [0.05, 0.1) is 12.6 Å². The van der Waals surface area contributed by atoms with Crippen LogP contribution in [0.1, 0.15) is 17.2 Å². The third-order valence-corrected chi connectivity index (χ3v) is 3.39.